The van der Waals surface area contributed by atoms with Crippen molar-refractivity contribution in [2.24, 2.45) is 0 Å². The number of nitrogens with one attached hydrogen (secondary N) is 1. The van der Waals surface area contributed by atoms with Crippen molar-refractivity contribution in [2.75, 3.05) is 6.61 Å². The van der Waals surface area contributed by atoms with Crippen LogP contribution >= 0.6 is 0 Å². The fraction of sp³-hybridized carbons (Fsp3) is 0.286. The van der Waals surface area contributed by atoms with Crippen molar-refractivity contribution in [1.29, 1.82) is 0 Å². The van der Waals surface area contributed by atoms with Crippen LogP contribution in [0.5, 0.6) is 0 Å². The summed E-state index contributed by atoms with van der Waals surface area (Å²) >= 11 is 0. The number of rotatable bonds is 10. The molecule has 2 aromatic rings. The summed E-state index contributed by atoms with van der Waals surface area (Å²) in [6, 6.07) is 5.74. The number of benzene rings is 2. The SMILES string of the molecule is CCOC(=O)C[C@H](c1ccc([N+](=O)[O-])cc1)[C@H](NC(=O)Cc1cc(F)cc(F)c1)C(=O)O. The van der Waals surface area contributed by atoms with Crippen LogP contribution in [0.4, 0.5) is 14.5 Å². The molecule has 0 saturated carbocycles. The molecule has 1 amide bonds. The van der Waals surface area contributed by atoms with Gasteiger partial charge in [-0.2, -0.15) is 0 Å². The number of ether oxygens (including phenoxy) is 1. The van der Waals surface area contributed by atoms with Gasteiger partial charge in [-0.25, -0.2) is 13.6 Å². The highest BCUT2D eigenvalue weighted by Gasteiger charge is 2.33. The molecule has 0 radical (unpaired) electrons. The van der Waals surface area contributed by atoms with Crippen LogP contribution in [-0.4, -0.2) is 40.5 Å². The molecule has 0 heterocycles. The topological polar surface area (TPSA) is 136 Å². The summed E-state index contributed by atoms with van der Waals surface area (Å²) in [4.78, 5) is 46.6. The van der Waals surface area contributed by atoms with Crippen LogP contribution in [-0.2, 0) is 25.5 Å². The monoisotopic (exact) mass is 450 g/mol. The van der Waals surface area contributed by atoms with E-state index in [9.17, 15) is 38.4 Å². The van der Waals surface area contributed by atoms with E-state index in [1.54, 1.807) is 6.92 Å². The normalized spacial score (nSPS) is 12.5. The lowest BCUT2D eigenvalue weighted by molar-refractivity contribution is -0.384. The lowest BCUT2D eigenvalue weighted by Crippen LogP contribution is -2.46. The number of nitrogens with zero attached hydrogens (tertiary/aromatic N) is 1. The Labute approximate surface area is 181 Å². The van der Waals surface area contributed by atoms with Crippen LogP contribution in [0.3, 0.4) is 0 Å². The number of halogens is 2. The second kappa shape index (κ2) is 10.9. The van der Waals surface area contributed by atoms with E-state index in [1.165, 1.54) is 12.1 Å². The summed E-state index contributed by atoms with van der Waals surface area (Å²) in [5.41, 5.74) is -0.0118. The average Bonchev–Trinajstić information content (AvgIpc) is 2.70. The predicted octanol–water partition coefficient (Wildman–Crippen LogP) is 2.72. The quantitative estimate of drug-likeness (QED) is 0.323. The molecular weight excluding hydrogens is 430 g/mol. The maximum atomic E-state index is 13.4. The molecule has 9 nitrogen and oxygen atoms in total. The third-order valence-electron chi connectivity index (χ3n) is 4.50. The highest BCUT2D eigenvalue weighted by molar-refractivity contribution is 5.86. The Kier molecular flexibility index (Phi) is 8.33. The Bertz CT molecular complexity index is 991. The molecule has 0 saturated heterocycles. The summed E-state index contributed by atoms with van der Waals surface area (Å²) in [5, 5.41) is 22.8. The smallest absolute Gasteiger partial charge is 0.326 e. The Balaban J connectivity index is 2.30. The van der Waals surface area contributed by atoms with Crippen molar-refractivity contribution in [2.45, 2.75) is 31.7 Å². The van der Waals surface area contributed by atoms with Gasteiger partial charge in [0.15, 0.2) is 0 Å². The van der Waals surface area contributed by atoms with Crippen molar-refractivity contribution < 1.29 is 37.9 Å². The van der Waals surface area contributed by atoms with Crippen molar-refractivity contribution in [3.05, 3.63) is 75.3 Å². The number of hydrogen-bond donors (Lipinski definition) is 2. The molecule has 0 fully saturated rings. The summed E-state index contributed by atoms with van der Waals surface area (Å²) in [6.07, 6.45) is -0.942. The average molecular weight is 450 g/mol. The zero-order valence-electron chi connectivity index (χ0n) is 16.9. The number of hydrogen-bond acceptors (Lipinski definition) is 6. The molecule has 0 aromatic heterocycles. The molecule has 2 N–H and O–H groups in total. The molecule has 0 unspecified atom stereocenters. The van der Waals surface area contributed by atoms with Gasteiger partial charge in [0.05, 0.1) is 24.4 Å². The Morgan fingerprint density at radius 1 is 1.12 bits per heavy atom. The van der Waals surface area contributed by atoms with Gasteiger partial charge in [-0.15, -0.1) is 0 Å². The molecule has 0 aliphatic heterocycles. The Hall–Kier alpha value is -3.89. The van der Waals surface area contributed by atoms with Gasteiger partial charge in [0.25, 0.3) is 5.69 Å². The van der Waals surface area contributed by atoms with E-state index in [4.69, 9.17) is 4.74 Å². The van der Waals surface area contributed by atoms with E-state index in [-0.39, 0.29) is 23.4 Å². The van der Waals surface area contributed by atoms with Gasteiger partial charge in [0, 0.05) is 24.1 Å². The van der Waals surface area contributed by atoms with Gasteiger partial charge in [0.1, 0.15) is 17.7 Å². The second-order valence-electron chi connectivity index (χ2n) is 6.80. The van der Waals surface area contributed by atoms with Crippen molar-refractivity contribution in [3.63, 3.8) is 0 Å². The first kappa shape index (κ1) is 24.4. The van der Waals surface area contributed by atoms with Crippen LogP contribution in [0, 0.1) is 21.7 Å². The van der Waals surface area contributed by atoms with Gasteiger partial charge in [-0.05, 0) is 30.2 Å². The third kappa shape index (κ3) is 6.83. The molecule has 0 aliphatic carbocycles. The maximum Gasteiger partial charge on any atom is 0.326 e. The summed E-state index contributed by atoms with van der Waals surface area (Å²) < 4.78 is 31.6. The molecule has 11 heteroatoms. The van der Waals surface area contributed by atoms with Crippen LogP contribution in [0.2, 0.25) is 0 Å². The first-order chi connectivity index (χ1) is 15.1. The van der Waals surface area contributed by atoms with Gasteiger partial charge >= 0.3 is 11.9 Å². The maximum absolute atomic E-state index is 13.4. The van der Waals surface area contributed by atoms with E-state index >= 15 is 0 Å². The highest BCUT2D eigenvalue weighted by Crippen LogP contribution is 2.27. The molecule has 2 atom stereocenters. The molecule has 2 aromatic carbocycles. The van der Waals surface area contributed by atoms with Crippen LogP contribution < -0.4 is 5.32 Å². The minimum Gasteiger partial charge on any atom is -0.480 e. The minimum absolute atomic E-state index is 0.0126. The number of carbonyl (C=O) groups is 3. The Morgan fingerprint density at radius 2 is 1.72 bits per heavy atom. The van der Waals surface area contributed by atoms with Gasteiger partial charge < -0.3 is 15.2 Å². The first-order valence-electron chi connectivity index (χ1n) is 9.47. The van der Waals surface area contributed by atoms with Crippen molar-refractivity contribution in [3.8, 4) is 0 Å². The lowest BCUT2D eigenvalue weighted by Gasteiger charge is -2.25. The second-order valence-corrected chi connectivity index (χ2v) is 6.80. The number of nitro benzene ring substituents is 1. The van der Waals surface area contributed by atoms with Crippen LogP contribution in [0.25, 0.3) is 0 Å². The number of carboxylic acid groups (broad SMARTS) is 1. The summed E-state index contributed by atoms with van der Waals surface area (Å²) in [6.45, 7) is 1.61. The first-order valence-corrected chi connectivity index (χ1v) is 9.47. The van der Waals surface area contributed by atoms with Gasteiger partial charge in [0.2, 0.25) is 5.91 Å². The number of amides is 1. The third-order valence-corrected chi connectivity index (χ3v) is 4.50. The van der Waals surface area contributed by atoms with E-state index in [2.05, 4.69) is 5.32 Å². The van der Waals surface area contributed by atoms with E-state index in [1.807, 2.05) is 0 Å². The largest absolute Gasteiger partial charge is 0.480 e. The summed E-state index contributed by atoms with van der Waals surface area (Å²) in [7, 11) is 0. The molecule has 32 heavy (non-hydrogen) atoms. The van der Waals surface area contributed by atoms with Gasteiger partial charge in [-0.3, -0.25) is 19.7 Å². The number of carbonyl (C=O) groups excluding carboxylic acids is 2. The molecular formula is C21H20F2N2O7. The zero-order chi connectivity index (χ0) is 23.8. The molecule has 0 bridgehead atoms. The number of aliphatic carboxylic acids is 1. The van der Waals surface area contributed by atoms with Crippen molar-refractivity contribution >= 4 is 23.5 Å². The molecule has 0 spiro atoms. The Morgan fingerprint density at radius 3 is 2.22 bits per heavy atom. The van der Waals surface area contributed by atoms with E-state index in [0.717, 1.165) is 24.3 Å². The van der Waals surface area contributed by atoms with E-state index < -0.39 is 59.2 Å². The van der Waals surface area contributed by atoms with Gasteiger partial charge in [-0.1, -0.05) is 12.1 Å². The van der Waals surface area contributed by atoms with E-state index in [0.29, 0.717) is 6.07 Å². The fourth-order valence-electron chi connectivity index (χ4n) is 3.13. The van der Waals surface area contributed by atoms with Crippen LogP contribution in [0.15, 0.2) is 42.5 Å². The number of non-ortho nitro benzene ring substituents is 1. The predicted molar refractivity (Wildman–Crippen MR) is 107 cm³/mol. The lowest BCUT2D eigenvalue weighted by atomic mass is 9.88. The summed E-state index contributed by atoms with van der Waals surface area (Å²) in [5.74, 6) is -5.97. The highest BCUT2D eigenvalue weighted by atomic mass is 19.1. The fourth-order valence-corrected chi connectivity index (χ4v) is 3.13. The number of esters is 1. The minimum atomic E-state index is -1.62. The number of nitro groups is 1. The molecule has 170 valence electrons. The standard InChI is InChI=1S/C21H20F2N2O7/c1-2-32-19(27)11-17(13-3-5-16(6-4-13)25(30)31)20(21(28)29)24-18(26)9-12-7-14(22)10-15(23)8-12/h3-8,10,17,20H,2,9,11H2,1H3,(H,24,26)(H,28,29)/t17-,20+/m1/s1. The zero-order valence-corrected chi connectivity index (χ0v) is 16.9. The number of carboxylic acids is 1. The molecule has 0 aliphatic rings. The molecule has 2 rings (SSSR count). The van der Waals surface area contributed by atoms with Crippen LogP contribution in [0.1, 0.15) is 30.4 Å². The van der Waals surface area contributed by atoms with Crippen molar-refractivity contribution in [1.82, 2.24) is 5.32 Å².